The van der Waals surface area contributed by atoms with Crippen molar-refractivity contribution < 1.29 is 21.1 Å². The Bertz CT molecular complexity index is 78.6. The molecule has 12 heavy (non-hydrogen) atoms. The van der Waals surface area contributed by atoms with Gasteiger partial charge in [0.15, 0.2) is 0 Å². The predicted octanol–water partition coefficient (Wildman–Crippen LogP) is 1.08. The molecule has 0 bridgehead atoms. The standard InChI is InChI=1S/C7H14N.C2H6N.W/c1-7-5-3-4-6-8(7)2;1-2-3;/h7H,1,3-6H2,2H3;1-3H2;/q2*-1;+2. The number of nitrogens with zero attached hydrogens (tertiary/aromatic N) is 1. The third-order valence-corrected chi connectivity index (χ3v) is 1.92. The van der Waals surface area contributed by atoms with Crippen molar-refractivity contribution in [2.24, 2.45) is 5.73 Å². The summed E-state index contributed by atoms with van der Waals surface area (Å²) in [5, 5.41) is 0. The fourth-order valence-electron chi connectivity index (χ4n) is 1.14. The van der Waals surface area contributed by atoms with Crippen molar-refractivity contribution in [1.82, 2.24) is 4.90 Å². The monoisotopic (exact) mass is 340 g/mol. The Labute approximate surface area is 91.1 Å². The maximum absolute atomic E-state index is 4.74. The topological polar surface area (TPSA) is 29.3 Å². The fourth-order valence-corrected chi connectivity index (χ4v) is 1.14. The zero-order valence-electron chi connectivity index (χ0n) is 7.96. The molecule has 1 heterocycles. The van der Waals surface area contributed by atoms with E-state index in [1.807, 2.05) is 0 Å². The molecule has 0 aromatic heterocycles. The first-order chi connectivity index (χ1) is 5.22. The van der Waals surface area contributed by atoms with Crippen LogP contribution in [0.15, 0.2) is 0 Å². The van der Waals surface area contributed by atoms with E-state index in [1.54, 1.807) is 0 Å². The van der Waals surface area contributed by atoms with Gasteiger partial charge in [-0.05, 0) is 20.0 Å². The van der Waals surface area contributed by atoms with E-state index in [0.717, 1.165) is 0 Å². The van der Waals surface area contributed by atoms with E-state index in [9.17, 15) is 0 Å². The van der Waals surface area contributed by atoms with Gasteiger partial charge in [-0.15, -0.1) is 12.6 Å². The number of nitrogens with two attached hydrogens (primary N) is 1. The number of piperidine rings is 1. The first kappa shape index (κ1) is 15.1. The molecule has 1 aliphatic heterocycles. The van der Waals surface area contributed by atoms with Gasteiger partial charge in [0, 0.05) is 0 Å². The molecule has 0 aromatic carbocycles. The Morgan fingerprint density at radius 1 is 1.50 bits per heavy atom. The largest absolute Gasteiger partial charge is 2.00 e. The molecule has 1 aliphatic rings. The molecule has 1 rings (SSSR count). The van der Waals surface area contributed by atoms with E-state index in [0.29, 0.717) is 12.6 Å². The van der Waals surface area contributed by atoms with E-state index in [1.165, 1.54) is 25.8 Å². The SMILES string of the molecule is [CH2-]C1CCCCN1C.[CH2-]CN.[W+2]. The summed E-state index contributed by atoms with van der Waals surface area (Å²) in [7, 11) is 2.15. The third-order valence-electron chi connectivity index (χ3n) is 1.92. The quantitative estimate of drug-likeness (QED) is 0.669. The summed E-state index contributed by atoms with van der Waals surface area (Å²) < 4.78 is 0. The summed E-state index contributed by atoms with van der Waals surface area (Å²) in [5.74, 6) is 0. The minimum atomic E-state index is 0. The van der Waals surface area contributed by atoms with Gasteiger partial charge in [-0.1, -0.05) is 12.8 Å². The van der Waals surface area contributed by atoms with Crippen molar-refractivity contribution in [1.29, 1.82) is 0 Å². The van der Waals surface area contributed by atoms with Gasteiger partial charge in [-0.25, -0.2) is 0 Å². The zero-order valence-corrected chi connectivity index (χ0v) is 10.9. The summed E-state index contributed by atoms with van der Waals surface area (Å²) in [4.78, 5) is 2.32. The number of rotatable bonds is 0. The normalized spacial score (nSPS) is 23.5. The van der Waals surface area contributed by atoms with Crippen molar-refractivity contribution in [3.63, 3.8) is 0 Å². The van der Waals surface area contributed by atoms with Crippen LogP contribution in [-0.2, 0) is 21.1 Å². The van der Waals surface area contributed by atoms with Crippen LogP contribution >= 0.6 is 0 Å². The summed E-state index contributed by atoms with van der Waals surface area (Å²) in [6.07, 6.45) is 4.03. The molecule has 72 valence electrons. The van der Waals surface area contributed by atoms with E-state index >= 15 is 0 Å². The van der Waals surface area contributed by atoms with Crippen LogP contribution in [0.1, 0.15) is 19.3 Å². The Morgan fingerprint density at radius 2 is 2.00 bits per heavy atom. The van der Waals surface area contributed by atoms with E-state index in [4.69, 9.17) is 5.73 Å². The van der Waals surface area contributed by atoms with Crippen LogP contribution in [0.4, 0.5) is 0 Å². The van der Waals surface area contributed by atoms with E-state index in [-0.39, 0.29) is 21.1 Å². The fraction of sp³-hybridized carbons (Fsp3) is 0.778. The van der Waals surface area contributed by atoms with Gasteiger partial charge in [0.25, 0.3) is 0 Å². The smallest absolute Gasteiger partial charge is 0.360 e. The van der Waals surface area contributed by atoms with Crippen LogP contribution < -0.4 is 5.73 Å². The second-order valence-electron chi connectivity index (χ2n) is 2.92. The van der Waals surface area contributed by atoms with Gasteiger partial charge >= 0.3 is 21.1 Å². The van der Waals surface area contributed by atoms with Gasteiger partial charge in [-0.3, -0.25) is 0 Å². The molecule has 0 radical (unpaired) electrons. The maximum Gasteiger partial charge on any atom is 2.00 e. The molecule has 3 heteroatoms. The molecule has 1 fully saturated rings. The van der Waals surface area contributed by atoms with Crippen molar-refractivity contribution in [3.05, 3.63) is 13.8 Å². The van der Waals surface area contributed by atoms with Gasteiger partial charge in [0.05, 0.1) is 0 Å². The number of hydrogen-bond donors (Lipinski definition) is 1. The average molecular weight is 340 g/mol. The van der Waals surface area contributed by atoms with Gasteiger partial charge < -0.3 is 24.5 Å². The number of likely N-dealkylation sites (tertiary alicyclic amines) is 1. The van der Waals surface area contributed by atoms with Gasteiger partial charge in [0.2, 0.25) is 0 Å². The Balaban J connectivity index is 0. The Morgan fingerprint density at radius 3 is 2.25 bits per heavy atom. The van der Waals surface area contributed by atoms with E-state index < -0.39 is 0 Å². The first-order valence-corrected chi connectivity index (χ1v) is 4.25. The minimum absolute atomic E-state index is 0. The van der Waals surface area contributed by atoms with Crippen LogP contribution in [0.5, 0.6) is 0 Å². The molecule has 0 spiro atoms. The zero-order chi connectivity index (χ0) is 8.69. The minimum Gasteiger partial charge on any atom is -0.360 e. The van der Waals surface area contributed by atoms with Crippen molar-refractivity contribution in [3.8, 4) is 0 Å². The first-order valence-electron chi connectivity index (χ1n) is 4.25. The maximum atomic E-state index is 4.74. The average Bonchev–Trinajstić information content (AvgIpc) is 1.97. The Hall–Kier alpha value is 0.608. The summed E-state index contributed by atoms with van der Waals surface area (Å²) >= 11 is 0. The third kappa shape index (κ3) is 7.27. The number of hydrogen-bond acceptors (Lipinski definition) is 2. The Kier molecular flexibility index (Phi) is 12.2. The van der Waals surface area contributed by atoms with Crippen LogP contribution in [0, 0.1) is 13.8 Å². The molecule has 2 nitrogen and oxygen atoms in total. The van der Waals surface area contributed by atoms with Crippen LogP contribution in [0.25, 0.3) is 0 Å². The van der Waals surface area contributed by atoms with Crippen molar-refractivity contribution in [2.45, 2.75) is 25.3 Å². The molecule has 2 N–H and O–H groups in total. The summed E-state index contributed by atoms with van der Waals surface area (Å²) in [6.45, 7) is 9.01. The molecule has 0 saturated carbocycles. The molecule has 0 aromatic rings. The molecule has 0 amide bonds. The second-order valence-corrected chi connectivity index (χ2v) is 2.92. The predicted molar refractivity (Wildman–Crippen MR) is 50.0 cm³/mol. The molecular formula is C9H20N2W. The van der Waals surface area contributed by atoms with Crippen LogP contribution in [0.3, 0.4) is 0 Å². The second kappa shape index (κ2) is 9.69. The molecule has 1 unspecified atom stereocenters. The molecular weight excluding hydrogens is 320 g/mol. The van der Waals surface area contributed by atoms with E-state index in [2.05, 4.69) is 25.8 Å². The van der Waals surface area contributed by atoms with Crippen molar-refractivity contribution in [2.75, 3.05) is 20.1 Å². The molecule has 1 saturated heterocycles. The molecule has 0 aliphatic carbocycles. The van der Waals surface area contributed by atoms with Crippen LogP contribution in [-0.4, -0.2) is 31.1 Å². The van der Waals surface area contributed by atoms with Gasteiger partial charge in [0.1, 0.15) is 0 Å². The summed E-state index contributed by atoms with van der Waals surface area (Å²) in [6, 6.07) is 0.587. The summed E-state index contributed by atoms with van der Waals surface area (Å²) in [5.41, 5.74) is 4.74. The van der Waals surface area contributed by atoms with Crippen molar-refractivity contribution >= 4 is 0 Å². The van der Waals surface area contributed by atoms with Gasteiger partial charge in [-0.2, -0.15) is 0 Å². The van der Waals surface area contributed by atoms with Crippen LogP contribution in [0.2, 0.25) is 0 Å². The molecule has 1 atom stereocenters.